The Labute approximate surface area is 183 Å². The maximum absolute atomic E-state index is 13.1. The summed E-state index contributed by atoms with van der Waals surface area (Å²) in [5.74, 6) is -1.48. The molecule has 6 rings (SSSR count). The van der Waals surface area contributed by atoms with Gasteiger partial charge in [0, 0.05) is 51.6 Å². The fourth-order valence-corrected chi connectivity index (χ4v) is 6.81. The summed E-state index contributed by atoms with van der Waals surface area (Å²) >= 11 is 0. The number of aliphatic hydroxyl groups is 1. The number of carbonyl (C=O) groups excluding carboxylic acids is 2. The van der Waals surface area contributed by atoms with Gasteiger partial charge in [-0.2, -0.15) is 0 Å². The molecule has 2 aliphatic carbocycles. The Morgan fingerprint density at radius 1 is 1.16 bits per heavy atom. The third kappa shape index (κ3) is 3.69. The van der Waals surface area contributed by atoms with Crippen molar-refractivity contribution in [3.63, 3.8) is 0 Å². The molecule has 8 heteroatoms. The van der Waals surface area contributed by atoms with Crippen molar-refractivity contribution < 1.29 is 33.6 Å². The predicted molar refractivity (Wildman–Crippen MR) is 109 cm³/mol. The second kappa shape index (κ2) is 6.89. The smallest absolute Gasteiger partial charge is 0.410 e. The first kappa shape index (κ1) is 21.6. The monoisotopic (exact) mass is 437 g/mol. The summed E-state index contributed by atoms with van der Waals surface area (Å²) in [6, 6.07) is 0. The van der Waals surface area contributed by atoms with Crippen LogP contribution in [-0.4, -0.2) is 70.0 Å². The van der Waals surface area contributed by atoms with E-state index >= 15 is 0 Å². The number of hydrogen-bond donors (Lipinski definition) is 1. The van der Waals surface area contributed by atoms with Gasteiger partial charge in [-0.25, -0.2) is 4.79 Å². The van der Waals surface area contributed by atoms with Gasteiger partial charge in [0.15, 0.2) is 0 Å². The van der Waals surface area contributed by atoms with E-state index in [0.29, 0.717) is 32.4 Å². The second-order valence-electron chi connectivity index (χ2n) is 11.3. The molecule has 8 nitrogen and oxygen atoms in total. The minimum Gasteiger partial charge on any atom is -0.444 e. The topological polar surface area (TPSA) is 94.5 Å². The first-order valence-electron chi connectivity index (χ1n) is 11.7. The lowest BCUT2D eigenvalue weighted by atomic mass is 9.63. The van der Waals surface area contributed by atoms with Crippen LogP contribution in [0.5, 0.6) is 0 Å². The molecule has 0 spiro atoms. The number of amides is 1. The Kier molecular flexibility index (Phi) is 4.80. The molecule has 4 saturated heterocycles. The van der Waals surface area contributed by atoms with Gasteiger partial charge in [-0.3, -0.25) is 4.79 Å². The molecule has 6 fully saturated rings. The molecule has 1 N–H and O–H groups in total. The Morgan fingerprint density at radius 2 is 1.77 bits per heavy atom. The highest BCUT2D eigenvalue weighted by atomic mass is 16.9. The minimum absolute atomic E-state index is 0.0597. The molecule has 31 heavy (non-hydrogen) atoms. The van der Waals surface area contributed by atoms with Crippen molar-refractivity contribution in [3.8, 4) is 0 Å². The summed E-state index contributed by atoms with van der Waals surface area (Å²) in [7, 11) is 0. The number of Topliss-reactive ketones (excluding diaryl/α,β-unsaturated/α-hetero) is 1. The summed E-state index contributed by atoms with van der Waals surface area (Å²) in [4.78, 5) is 27.2. The van der Waals surface area contributed by atoms with Crippen LogP contribution in [0, 0.1) is 11.8 Å². The van der Waals surface area contributed by atoms with Gasteiger partial charge in [0.05, 0.1) is 29.3 Å². The first-order valence-corrected chi connectivity index (χ1v) is 11.7. The number of carbonyl (C=O) groups is 2. The number of hydrogen-bond acceptors (Lipinski definition) is 7. The van der Waals surface area contributed by atoms with Gasteiger partial charge in [0.2, 0.25) is 0 Å². The van der Waals surface area contributed by atoms with Crippen molar-refractivity contribution in [1.82, 2.24) is 4.90 Å². The van der Waals surface area contributed by atoms with Crippen LogP contribution in [0.15, 0.2) is 0 Å². The van der Waals surface area contributed by atoms with Crippen molar-refractivity contribution in [2.45, 2.75) is 108 Å². The Balaban J connectivity index is 1.34. The van der Waals surface area contributed by atoms with Gasteiger partial charge in [0.1, 0.15) is 11.4 Å². The number of ether oxygens (including phenoxy) is 4. The normalized spacial score (nSPS) is 44.0. The lowest BCUT2D eigenvalue weighted by Gasteiger charge is -2.62. The lowest BCUT2D eigenvalue weighted by molar-refractivity contribution is -0.515. The van der Waals surface area contributed by atoms with Gasteiger partial charge < -0.3 is 29.0 Å². The molecule has 1 amide bonds. The van der Waals surface area contributed by atoms with E-state index in [0.717, 1.165) is 25.7 Å². The third-order valence-electron chi connectivity index (χ3n) is 7.81. The fraction of sp³-hybridized carbons (Fsp3) is 0.913. The van der Waals surface area contributed by atoms with Crippen LogP contribution in [0.25, 0.3) is 0 Å². The quantitative estimate of drug-likeness (QED) is 0.710. The zero-order valence-electron chi connectivity index (χ0n) is 19.0. The molecule has 6 aliphatic rings. The van der Waals surface area contributed by atoms with Crippen LogP contribution in [0.3, 0.4) is 0 Å². The van der Waals surface area contributed by atoms with E-state index < -0.39 is 28.7 Å². The number of nitrogens with zero attached hydrogens (tertiary/aromatic N) is 1. The summed E-state index contributed by atoms with van der Waals surface area (Å²) in [6.45, 7) is 8.10. The summed E-state index contributed by atoms with van der Waals surface area (Å²) in [5.41, 5.74) is -2.19. The van der Waals surface area contributed by atoms with Crippen LogP contribution >= 0.6 is 0 Å². The molecule has 4 bridgehead atoms. The van der Waals surface area contributed by atoms with Gasteiger partial charge >= 0.3 is 6.09 Å². The maximum atomic E-state index is 13.1. The molecule has 174 valence electrons. The molecule has 0 aromatic carbocycles. The molecule has 6 atom stereocenters. The average Bonchev–Trinajstić information content (AvgIpc) is 3.02. The molecule has 4 heterocycles. The Hall–Kier alpha value is -1.22. The Bertz CT molecular complexity index is 752. The third-order valence-corrected chi connectivity index (χ3v) is 7.81. The highest BCUT2D eigenvalue weighted by Gasteiger charge is 2.66. The van der Waals surface area contributed by atoms with E-state index in [1.807, 2.05) is 27.7 Å². The fourth-order valence-electron chi connectivity index (χ4n) is 6.81. The van der Waals surface area contributed by atoms with Gasteiger partial charge in [0.25, 0.3) is 5.97 Å². The number of piperidine rings is 1. The molecule has 0 radical (unpaired) electrons. The average molecular weight is 438 g/mol. The molecule has 0 aromatic rings. The Morgan fingerprint density at radius 3 is 2.32 bits per heavy atom. The molecule has 2 saturated carbocycles. The van der Waals surface area contributed by atoms with Crippen LogP contribution in [-0.2, 0) is 23.7 Å². The largest absolute Gasteiger partial charge is 0.444 e. The van der Waals surface area contributed by atoms with Gasteiger partial charge in [-0.1, -0.05) is 0 Å². The van der Waals surface area contributed by atoms with Crippen LogP contribution in [0.1, 0.15) is 72.6 Å². The summed E-state index contributed by atoms with van der Waals surface area (Å²) in [5, 5.41) is 11.7. The summed E-state index contributed by atoms with van der Waals surface area (Å²) in [6.07, 6.45) is 4.06. The van der Waals surface area contributed by atoms with E-state index in [1.54, 1.807) is 4.90 Å². The van der Waals surface area contributed by atoms with Crippen molar-refractivity contribution in [2.75, 3.05) is 13.1 Å². The van der Waals surface area contributed by atoms with Gasteiger partial charge in [-0.15, -0.1) is 0 Å². The zero-order valence-corrected chi connectivity index (χ0v) is 19.0. The van der Waals surface area contributed by atoms with Crippen molar-refractivity contribution in [1.29, 1.82) is 0 Å². The van der Waals surface area contributed by atoms with E-state index in [4.69, 9.17) is 18.9 Å². The molecule has 0 aromatic heterocycles. The van der Waals surface area contributed by atoms with E-state index in [1.165, 1.54) is 0 Å². The standard InChI is InChI=1S/C23H35NO7/c1-20(2,3)30-19(26)24-9-7-22(27,8-10-24)18-16(5-6-17(18)25)23-12-14-11-15(13-23)29-21(4,28-14)31-23/h14-16,18,27H,5-13H2,1-4H3/t14-,15+,16-,18+,21?,23?/m1/s1. The second-order valence-corrected chi connectivity index (χ2v) is 11.3. The van der Waals surface area contributed by atoms with Crippen molar-refractivity contribution in [2.24, 2.45) is 11.8 Å². The SMILES string of the molecule is CC(C)(C)OC(=O)N1CCC(O)([C@@H]2C(=O)CC[C@H]2C23C[C@H]4C[C@@H](C2)OC(C)(O4)O3)CC1. The van der Waals surface area contributed by atoms with Gasteiger partial charge in [-0.05, 0) is 40.0 Å². The van der Waals surface area contributed by atoms with Crippen molar-refractivity contribution >= 4 is 11.9 Å². The molecular weight excluding hydrogens is 402 g/mol. The molecule has 2 unspecified atom stereocenters. The molecular formula is C23H35NO7. The minimum atomic E-state index is -1.13. The lowest BCUT2D eigenvalue weighted by Crippen LogP contribution is -2.70. The van der Waals surface area contributed by atoms with Crippen LogP contribution in [0.2, 0.25) is 0 Å². The summed E-state index contributed by atoms with van der Waals surface area (Å²) < 4.78 is 23.8. The first-order chi connectivity index (χ1) is 14.4. The highest BCUT2D eigenvalue weighted by Crippen LogP contribution is 2.58. The number of rotatable bonds is 2. The predicted octanol–water partition coefficient (Wildman–Crippen LogP) is 2.75. The van der Waals surface area contributed by atoms with E-state index in [-0.39, 0.29) is 30.0 Å². The van der Waals surface area contributed by atoms with E-state index in [2.05, 4.69) is 0 Å². The maximum Gasteiger partial charge on any atom is 0.410 e. The van der Waals surface area contributed by atoms with Crippen LogP contribution in [0.4, 0.5) is 4.79 Å². The highest BCUT2D eigenvalue weighted by molar-refractivity contribution is 5.85. The van der Waals surface area contributed by atoms with E-state index in [9.17, 15) is 14.7 Å². The zero-order chi connectivity index (χ0) is 22.2. The van der Waals surface area contributed by atoms with Crippen molar-refractivity contribution in [3.05, 3.63) is 0 Å². The number of ketones is 1. The van der Waals surface area contributed by atoms with Crippen LogP contribution < -0.4 is 0 Å². The molecule has 4 aliphatic heterocycles. The number of likely N-dealkylation sites (tertiary alicyclic amines) is 1.